The number of alkyl carbamates (subject to hydrolysis) is 1. The second kappa shape index (κ2) is 22.2. The summed E-state index contributed by atoms with van der Waals surface area (Å²) in [5.41, 5.74) is 4.62. The van der Waals surface area contributed by atoms with Gasteiger partial charge in [0.2, 0.25) is 0 Å². The third-order valence-corrected chi connectivity index (χ3v) is 7.76. The van der Waals surface area contributed by atoms with Gasteiger partial charge in [-0.15, -0.1) is 0 Å². The van der Waals surface area contributed by atoms with Crippen LogP contribution < -0.4 is 11.1 Å². The maximum Gasteiger partial charge on any atom is 0.472 e. The summed E-state index contributed by atoms with van der Waals surface area (Å²) < 4.78 is 26.7. The van der Waals surface area contributed by atoms with E-state index in [1.807, 2.05) is 0 Å². The molecular formula is C27H57N2O7P. The van der Waals surface area contributed by atoms with Crippen molar-refractivity contribution >= 4 is 13.9 Å². The summed E-state index contributed by atoms with van der Waals surface area (Å²) in [6, 6.07) is -0.511. The Bertz CT molecular complexity index is 605. The van der Waals surface area contributed by atoms with Crippen LogP contribution in [0, 0.1) is 0 Å². The molecule has 0 aromatic carbocycles. The fourth-order valence-electron chi connectivity index (χ4n) is 3.72. The number of carbonyl (C=O) groups excluding carboxylic acids is 1. The van der Waals surface area contributed by atoms with Gasteiger partial charge in [0.25, 0.3) is 0 Å². The lowest BCUT2D eigenvalue weighted by Gasteiger charge is -2.30. The van der Waals surface area contributed by atoms with Crippen molar-refractivity contribution in [1.82, 2.24) is 5.32 Å². The summed E-state index contributed by atoms with van der Waals surface area (Å²) in [6.45, 7) is 6.66. The highest BCUT2D eigenvalue weighted by molar-refractivity contribution is 7.47. The van der Waals surface area contributed by atoms with Crippen molar-refractivity contribution in [3.63, 3.8) is 0 Å². The number of hydrogen-bond acceptors (Lipinski definition) is 7. The Morgan fingerprint density at radius 2 is 1.30 bits per heavy atom. The molecule has 0 saturated heterocycles. The predicted octanol–water partition coefficient (Wildman–Crippen LogP) is 6.59. The topological polar surface area (TPSA) is 140 Å². The molecule has 0 aromatic heterocycles. The maximum absolute atomic E-state index is 12.0. The van der Waals surface area contributed by atoms with E-state index < -0.39 is 38.3 Å². The quantitative estimate of drug-likeness (QED) is 0.0734. The Hall–Kier alpha value is -0.700. The van der Waals surface area contributed by atoms with Gasteiger partial charge in [0.05, 0.1) is 12.2 Å². The highest BCUT2D eigenvalue weighted by Crippen LogP contribution is 2.47. The van der Waals surface area contributed by atoms with E-state index in [2.05, 4.69) is 12.2 Å². The van der Waals surface area contributed by atoms with Gasteiger partial charge in [-0.25, -0.2) is 9.36 Å². The second-order valence-corrected chi connectivity index (χ2v) is 12.1. The summed E-state index contributed by atoms with van der Waals surface area (Å²) in [7, 11) is -4.41. The van der Waals surface area contributed by atoms with Crippen LogP contribution in [0.1, 0.15) is 130 Å². The average Bonchev–Trinajstić information content (AvgIpc) is 2.82. The lowest BCUT2D eigenvalue weighted by Crippen LogP contribution is -2.42. The SMILES string of the molecule is CCCCCCCCCCCCCCCCCCNC(=O)OCC(O)COP(=O)(O)OC(C)(C)C(C)N. The number of nitrogens with two attached hydrogens (primary N) is 1. The van der Waals surface area contributed by atoms with Crippen LogP contribution in [0.15, 0.2) is 0 Å². The van der Waals surface area contributed by atoms with Crippen molar-refractivity contribution in [3.05, 3.63) is 0 Å². The molecule has 0 fully saturated rings. The van der Waals surface area contributed by atoms with Crippen LogP contribution in [0.25, 0.3) is 0 Å². The number of nitrogens with one attached hydrogen (secondary N) is 1. The molecule has 10 heteroatoms. The molecule has 3 atom stereocenters. The molecule has 0 aliphatic heterocycles. The zero-order valence-corrected chi connectivity index (χ0v) is 24.9. The molecule has 37 heavy (non-hydrogen) atoms. The van der Waals surface area contributed by atoms with Gasteiger partial charge in [0.1, 0.15) is 12.7 Å². The van der Waals surface area contributed by atoms with E-state index in [0.717, 1.165) is 19.3 Å². The summed E-state index contributed by atoms with van der Waals surface area (Å²) in [5.74, 6) is 0. The van der Waals surface area contributed by atoms with Gasteiger partial charge >= 0.3 is 13.9 Å². The first-order chi connectivity index (χ1) is 17.5. The molecule has 0 radical (unpaired) electrons. The Kier molecular flexibility index (Phi) is 21.7. The first kappa shape index (κ1) is 36.3. The van der Waals surface area contributed by atoms with Crippen LogP contribution in [0.3, 0.4) is 0 Å². The molecule has 1 amide bonds. The van der Waals surface area contributed by atoms with Gasteiger partial charge in [-0.1, -0.05) is 103 Å². The molecule has 0 spiro atoms. The van der Waals surface area contributed by atoms with E-state index in [4.69, 9.17) is 19.5 Å². The first-order valence-corrected chi connectivity index (χ1v) is 16.0. The van der Waals surface area contributed by atoms with Crippen molar-refractivity contribution in [2.45, 2.75) is 148 Å². The number of unbranched alkanes of at least 4 members (excludes halogenated alkanes) is 15. The lowest BCUT2D eigenvalue weighted by atomic mass is 10.0. The van der Waals surface area contributed by atoms with Crippen molar-refractivity contribution in [1.29, 1.82) is 0 Å². The van der Waals surface area contributed by atoms with Crippen LogP contribution in [-0.2, 0) is 18.3 Å². The normalized spacial score (nSPS) is 15.2. The van der Waals surface area contributed by atoms with E-state index in [0.29, 0.717) is 6.54 Å². The summed E-state index contributed by atoms with van der Waals surface area (Å²) in [5, 5.41) is 12.5. The van der Waals surface area contributed by atoms with Crippen LogP contribution in [0.4, 0.5) is 4.79 Å². The second-order valence-electron chi connectivity index (χ2n) is 10.7. The smallest absolute Gasteiger partial charge is 0.447 e. The lowest BCUT2D eigenvalue weighted by molar-refractivity contribution is 0.00156. The fourth-order valence-corrected chi connectivity index (χ4v) is 4.90. The largest absolute Gasteiger partial charge is 0.472 e. The first-order valence-electron chi connectivity index (χ1n) is 14.5. The summed E-state index contributed by atoms with van der Waals surface area (Å²) in [6.07, 6.45) is 18.8. The molecule has 0 rings (SSSR count). The zero-order chi connectivity index (χ0) is 28.0. The van der Waals surface area contributed by atoms with E-state index in [1.165, 1.54) is 83.5 Å². The van der Waals surface area contributed by atoms with E-state index in [1.54, 1.807) is 20.8 Å². The van der Waals surface area contributed by atoms with Crippen LogP contribution >= 0.6 is 7.82 Å². The van der Waals surface area contributed by atoms with Crippen LogP contribution in [0.5, 0.6) is 0 Å². The minimum atomic E-state index is -4.41. The van der Waals surface area contributed by atoms with Crippen molar-refractivity contribution < 1.29 is 33.1 Å². The monoisotopic (exact) mass is 552 g/mol. The van der Waals surface area contributed by atoms with Gasteiger partial charge in [-0.05, 0) is 27.2 Å². The van der Waals surface area contributed by atoms with Crippen molar-refractivity contribution in [2.75, 3.05) is 19.8 Å². The van der Waals surface area contributed by atoms with Gasteiger partial charge in [0.15, 0.2) is 0 Å². The van der Waals surface area contributed by atoms with Crippen LogP contribution in [-0.4, -0.2) is 53.6 Å². The molecule has 0 aromatic rings. The average molecular weight is 553 g/mol. The summed E-state index contributed by atoms with van der Waals surface area (Å²) >= 11 is 0. The molecular weight excluding hydrogens is 495 g/mol. The third kappa shape index (κ3) is 22.9. The number of hydrogen-bond donors (Lipinski definition) is 4. The maximum atomic E-state index is 12.0. The minimum absolute atomic E-state index is 0.360. The Balaban J connectivity index is 3.56. The van der Waals surface area contributed by atoms with Crippen molar-refractivity contribution in [3.8, 4) is 0 Å². The number of aliphatic hydroxyl groups excluding tert-OH is 1. The molecule has 5 N–H and O–H groups in total. The number of aliphatic hydroxyl groups is 1. The van der Waals surface area contributed by atoms with Gasteiger partial charge in [-0.3, -0.25) is 9.05 Å². The standard InChI is InChI=1S/C27H57N2O7P/c1-5-6-7-8-9-10-11-12-13-14-15-16-17-18-19-20-21-29-26(31)34-22-25(30)23-35-37(32,33)36-27(3,4)24(2)28/h24-25,30H,5-23,28H2,1-4H3,(H,29,31)(H,32,33). The Morgan fingerprint density at radius 1 is 0.865 bits per heavy atom. The molecule has 9 nitrogen and oxygen atoms in total. The minimum Gasteiger partial charge on any atom is -0.447 e. The van der Waals surface area contributed by atoms with E-state index >= 15 is 0 Å². The Labute approximate surface area is 226 Å². The molecule has 0 bridgehead atoms. The number of phosphoric acid groups is 1. The third-order valence-electron chi connectivity index (χ3n) is 6.58. The Morgan fingerprint density at radius 3 is 1.73 bits per heavy atom. The molecule has 222 valence electrons. The number of amides is 1. The fraction of sp³-hybridized carbons (Fsp3) is 0.963. The summed E-state index contributed by atoms with van der Waals surface area (Å²) in [4.78, 5) is 21.5. The highest BCUT2D eigenvalue weighted by Gasteiger charge is 2.35. The van der Waals surface area contributed by atoms with Gasteiger partial charge < -0.3 is 25.8 Å². The van der Waals surface area contributed by atoms with Crippen LogP contribution in [0.2, 0.25) is 0 Å². The number of rotatable bonds is 25. The number of carbonyl (C=O) groups is 1. The highest BCUT2D eigenvalue weighted by atomic mass is 31.2. The van der Waals surface area contributed by atoms with Gasteiger partial charge in [0, 0.05) is 12.6 Å². The molecule has 0 saturated carbocycles. The number of ether oxygens (including phenoxy) is 1. The van der Waals surface area contributed by atoms with Crippen molar-refractivity contribution in [2.24, 2.45) is 5.73 Å². The molecule has 0 aliphatic carbocycles. The molecule has 3 unspecified atom stereocenters. The predicted molar refractivity (Wildman–Crippen MR) is 149 cm³/mol. The molecule has 0 heterocycles. The zero-order valence-electron chi connectivity index (χ0n) is 24.0. The van der Waals surface area contributed by atoms with E-state index in [-0.39, 0.29) is 6.61 Å². The molecule has 0 aliphatic rings. The van der Waals surface area contributed by atoms with Gasteiger partial charge in [-0.2, -0.15) is 0 Å². The van der Waals surface area contributed by atoms with E-state index in [9.17, 15) is 19.4 Å². The number of phosphoric ester groups is 1.